The van der Waals surface area contributed by atoms with Gasteiger partial charge in [-0.2, -0.15) is 0 Å². The number of allylic oxidation sites excluding steroid dienone is 2. The zero-order valence-corrected chi connectivity index (χ0v) is 18.9. The van der Waals surface area contributed by atoms with Gasteiger partial charge < -0.3 is 19.7 Å². The van der Waals surface area contributed by atoms with Crippen molar-refractivity contribution >= 4 is 5.97 Å². The van der Waals surface area contributed by atoms with Gasteiger partial charge in [0.05, 0.1) is 11.5 Å². The van der Waals surface area contributed by atoms with Crippen molar-refractivity contribution in [3.63, 3.8) is 0 Å². The molecule has 2 N–H and O–H groups in total. The van der Waals surface area contributed by atoms with Gasteiger partial charge in [-0.05, 0) is 89.7 Å². The molecule has 0 radical (unpaired) electrons. The van der Waals surface area contributed by atoms with Gasteiger partial charge in [0.15, 0.2) is 6.10 Å². The summed E-state index contributed by atoms with van der Waals surface area (Å²) in [5.74, 6) is -0.719. The van der Waals surface area contributed by atoms with Gasteiger partial charge in [0.1, 0.15) is 5.60 Å². The Morgan fingerprint density at radius 3 is 2.48 bits per heavy atom. The molecule has 0 aromatic heterocycles. The van der Waals surface area contributed by atoms with Crippen LogP contribution < -0.4 is 0 Å². The van der Waals surface area contributed by atoms with Crippen LogP contribution >= 0.6 is 0 Å². The van der Waals surface area contributed by atoms with Crippen molar-refractivity contribution in [1.29, 1.82) is 0 Å². The Morgan fingerprint density at radius 1 is 1.24 bits per heavy atom. The normalized spacial score (nSPS) is 42.6. The number of ether oxygens (including phenoxy) is 2. The minimum atomic E-state index is -1.73. The smallest absolute Gasteiger partial charge is 0.311 e. The topological polar surface area (TPSA) is 76.0 Å². The highest BCUT2D eigenvalue weighted by Gasteiger charge is 2.54. The Hall–Kier alpha value is -1.17. The second kappa shape index (κ2) is 7.51. The first-order chi connectivity index (χ1) is 13.2. The zero-order chi connectivity index (χ0) is 21.8. The predicted molar refractivity (Wildman–Crippen MR) is 112 cm³/mol. The highest BCUT2D eigenvalue weighted by atomic mass is 16.7. The summed E-state index contributed by atoms with van der Waals surface area (Å²) in [6.45, 7) is 13.7. The molecule has 3 rings (SSSR count). The lowest BCUT2D eigenvalue weighted by Gasteiger charge is -2.51. The van der Waals surface area contributed by atoms with Crippen LogP contribution in [0.15, 0.2) is 23.8 Å². The minimum Gasteiger partial charge on any atom is -0.456 e. The van der Waals surface area contributed by atoms with Crippen molar-refractivity contribution in [2.45, 2.75) is 91.3 Å². The van der Waals surface area contributed by atoms with Crippen molar-refractivity contribution in [3.05, 3.63) is 23.8 Å². The van der Waals surface area contributed by atoms with E-state index in [1.807, 2.05) is 0 Å². The van der Waals surface area contributed by atoms with Crippen molar-refractivity contribution in [1.82, 2.24) is 0 Å². The first-order valence-electron chi connectivity index (χ1n) is 11.0. The van der Waals surface area contributed by atoms with Crippen molar-refractivity contribution in [2.24, 2.45) is 29.1 Å². The molecule has 1 aliphatic carbocycles. The van der Waals surface area contributed by atoms with Crippen LogP contribution in [0.25, 0.3) is 0 Å². The van der Waals surface area contributed by atoms with Crippen molar-refractivity contribution in [3.8, 4) is 0 Å². The number of rotatable bonds is 2. The molecule has 164 valence electrons. The second-order valence-electron chi connectivity index (χ2n) is 10.9. The molecule has 1 fully saturated rings. The molecule has 0 amide bonds. The molecule has 2 aliphatic heterocycles. The predicted octanol–water partition coefficient (Wildman–Crippen LogP) is 3.99. The van der Waals surface area contributed by atoms with Crippen LogP contribution in [0.4, 0.5) is 0 Å². The fourth-order valence-electron chi connectivity index (χ4n) is 5.09. The molecule has 3 aliphatic rings. The number of hydrogen-bond acceptors (Lipinski definition) is 5. The minimum absolute atomic E-state index is 0.222. The Kier molecular flexibility index (Phi) is 5.83. The van der Waals surface area contributed by atoms with Crippen molar-refractivity contribution in [2.75, 3.05) is 0 Å². The standard InChI is InChI=1S/C24H38O5/c1-14(2)16-9-8-15(3)17-12-19-23(7,26)10-11-24(27,29-19)20(13-18(16)17)28-21(25)22(4,5)6/h8,10-11,14,16-20,26-27H,9,12-13H2,1-7H3/t16-,17+,18-,19-,20-,23+,24-/m1/s1. The molecule has 0 aromatic carbocycles. The van der Waals surface area contributed by atoms with Gasteiger partial charge in [0.2, 0.25) is 5.79 Å². The van der Waals surface area contributed by atoms with Crippen LogP contribution in [0.3, 0.4) is 0 Å². The van der Waals surface area contributed by atoms with Gasteiger partial charge in [-0.25, -0.2) is 0 Å². The van der Waals surface area contributed by atoms with Crippen LogP contribution in [0.2, 0.25) is 0 Å². The summed E-state index contributed by atoms with van der Waals surface area (Å²) < 4.78 is 12.0. The lowest BCUT2D eigenvalue weighted by Crippen LogP contribution is -2.59. The molecule has 0 spiro atoms. The summed E-state index contributed by atoms with van der Waals surface area (Å²) in [5, 5.41) is 22.3. The molecular weight excluding hydrogens is 368 g/mol. The van der Waals surface area contributed by atoms with E-state index in [1.54, 1.807) is 33.8 Å². The third-order valence-corrected chi connectivity index (χ3v) is 7.14. The van der Waals surface area contributed by atoms with E-state index >= 15 is 0 Å². The molecule has 1 saturated heterocycles. The van der Waals surface area contributed by atoms with E-state index in [0.29, 0.717) is 24.7 Å². The third kappa shape index (κ3) is 4.33. The Morgan fingerprint density at radius 2 is 1.90 bits per heavy atom. The number of carbonyl (C=O) groups excluding carboxylic acids is 1. The lowest BCUT2D eigenvalue weighted by atomic mass is 9.62. The first-order valence-corrected chi connectivity index (χ1v) is 11.0. The fourth-order valence-corrected chi connectivity index (χ4v) is 5.09. The summed E-state index contributed by atoms with van der Waals surface area (Å²) >= 11 is 0. The van der Waals surface area contributed by atoms with Crippen molar-refractivity contribution < 1.29 is 24.5 Å². The van der Waals surface area contributed by atoms with E-state index in [2.05, 4.69) is 26.8 Å². The van der Waals surface area contributed by atoms with E-state index in [0.717, 1.165) is 6.42 Å². The molecule has 5 nitrogen and oxygen atoms in total. The van der Waals surface area contributed by atoms with E-state index in [-0.39, 0.29) is 17.8 Å². The maximum absolute atomic E-state index is 12.7. The Balaban J connectivity index is 2.05. The monoisotopic (exact) mass is 406 g/mol. The Labute approximate surface area is 175 Å². The fraction of sp³-hybridized carbons (Fsp3) is 0.792. The van der Waals surface area contributed by atoms with Crippen LogP contribution in [0.1, 0.15) is 67.7 Å². The summed E-state index contributed by atoms with van der Waals surface area (Å²) in [5.41, 5.74) is -0.564. The maximum Gasteiger partial charge on any atom is 0.311 e. The first kappa shape index (κ1) is 22.5. The SMILES string of the molecule is CC1=CC[C@H](C(C)C)[C@H]2C[C@@H](OC(=O)C(C)(C)C)[C@@]3(O)C=C[C@](C)(O)[C@@H](C[C@@H]12)O3. The molecular formula is C24H38O5. The van der Waals surface area contributed by atoms with Gasteiger partial charge in [0.25, 0.3) is 0 Å². The van der Waals surface area contributed by atoms with Gasteiger partial charge in [-0.3, -0.25) is 4.79 Å². The quantitative estimate of drug-likeness (QED) is 0.536. The molecule has 2 bridgehead atoms. The zero-order valence-electron chi connectivity index (χ0n) is 18.9. The van der Waals surface area contributed by atoms with E-state index in [4.69, 9.17) is 9.47 Å². The number of carbonyl (C=O) groups is 1. The summed E-state index contributed by atoms with van der Waals surface area (Å²) in [4.78, 5) is 12.7. The van der Waals surface area contributed by atoms with Crippen LogP contribution in [-0.2, 0) is 14.3 Å². The largest absolute Gasteiger partial charge is 0.456 e. The van der Waals surface area contributed by atoms with E-state index in [1.165, 1.54) is 11.6 Å². The van der Waals surface area contributed by atoms with E-state index in [9.17, 15) is 15.0 Å². The molecule has 29 heavy (non-hydrogen) atoms. The maximum atomic E-state index is 12.7. The van der Waals surface area contributed by atoms with Crippen LogP contribution in [0, 0.1) is 29.1 Å². The number of aliphatic hydroxyl groups is 2. The van der Waals surface area contributed by atoms with E-state index < -0.39 is 29.0 Å². The van der Waals surface area contributed by atoms with Crippen LogP contribution in [-0.4, -0.2) is 39.8 Å². The third-order valence-electron chi connectivity index (χ3n) is 7.14. The van der Waals surface area contributed by atoms with Gasteiger partial charge in [0, 0.05) is 0 Å². The summed E-state index contributed by atoms with van der Waals surface area (Å²) in [7, 11) is 0. The number of esters is 1. The molecule has 0 saturated carbocycles. The van der Waals surface area contributed by atoms with Gasteiger partial charge in [-0.1, -0.05) is 25.5 Å². The average molecular weight is 407 g/mol. The van der Waals surface area contributed by atoms with Gasteiger partial charge in [-0.15, -0.1) is 0 Å². The number of hydrogen-bond donors (Lipinski definition) is 2. The summed E-state index contributed by atoms with van der Waals surface area (Å²) in [6, 6.07) is 0. The molecule has 7 atom stereocenters. The Bertz CT molecular complexity index is 699. The second-order valence-corrected chi connectivity index (χ2v) is 10.9. The average Bonchev–Trinajstić information content (AvgIpc) is 2.58. The molecule has 5 heteroatoms. The van der Waals surface area contributed by atoms with Gasteiger partial charge >= 0.3 is 5.97 Å². The molecule has 0 unspecified atom stereocenters. The highest BCUT2D eigenvalue weighted by Crippen LogP contribution is 2.49. The lowest BCUT2D eigenvalue weighted by molar-refractivity contribution is -0.295. The number of fused-ring (bicyclic) bond motifs is 3. The molecule has 2 heterocycles. The van der Waals surface area contributed by atoms with Crippen LogP contribution in [0.5, 0.6) is 0 Å². The highest BCUT2D eigenvalue weighted by molar-refractivity contribution is 5.75. The summed E-state index contributed by atoms with van der Waals surface area (Å²) in [6.07, 6.45) is 6.15. The molecule has 0 aromatic rings.